The second-order valence-electron chi connectivity index (χ2n) is 5.16. The number of hydrogen-bond donors (Lipinski definition) is 1. The van der Waals surface area contributed by atoms with E-state index in [0.29, 0.717) is 0 Å². The number of nitrogens with zero attached hydrogens (tertiary/aromatic N) is 1. The van der Waals surface area contributed by atoms with Gasteiger partial charge in [-0.3, -0.25) is 4.90 Å². The Morgan fingerprint density at radius 2 is 1.81 bits per heavy atom. The summed E-state index contributed by atoms with van der Waals surface area (Å²) < 4.78 is 0. The van der Waals surface area contributed by atoms with Crippen molar-refractivity contribution < 1.29 is 0 Å². The van der Waals surface area contributed by atoms with Crippen LogP contribution in [-0.2, 0) is 6.54 Å². The van der Waals surface area contributed by atoms with Crippen molar-refractivity contribution in [1.82, 2.24) is 4.90 Å². The number of benzene rings is 1. The van der Waals surface area contributed by atoms with Crippen LogP contribution in [-0.4, -0.2) is 24.5 Å². The van der Waals surface area contributed by atoms with Crippen LogP contribution in [0, 0.1) is 5.41 Å². The summed E-state index contributed by atoms with van der Waals surface area (Å²) in [7, 11) is 0. The first-order valence-electron chi connectivity index (χ1n) is 6.04. The summed E-state index contributed by atoms with van der Waals surface area (Å²) in [6.07, 6.45) is 0. The molecule has 0 amide bonds. The van der Waals surface area contributed by atoms with E-state index in [1.165, 1.54) is 5.56 Å². The standard InChI is InChI=1S/C14H24N2/c1-4-16(12-14(2,3)11-15)10-13-8-6-5-7-9-13/h5-9H,4,10-12,15H2,1-3H3. The van der Waals surface area contributed by atoms with Gasteiger partial charge in [0.15, 0.2) is 0 Å². The molecule has 2 N–H and O–H groups in total. The topological polar surface area (TPSA) is 29.3 Å². The second kappa shape index (κ2) is 6.02. The molecule has 0 radical (unpaired) electrons. The van der Waals surface area contributed by atoms with Crippen LogP contribution in [0.3, 0.4) is 0 Å². The molecule has 0 saturated heterocycles. The van der Waals surface area contributed by atoms with E-state index in [9.17, 15) is 0 Å². The van der Waals surface area contributed by atoms with E-state index in [4.69, 9.17) is 5.73 Å². The zero-order valence-electron chi connectivity index (χ0n) is 10.7. The van der Waals surface area contributed by atoms with Crippen LogP contribution in [0.1, 0.15) is 26.3 Å². The van der Waals surface area contributed by atoms with Crippen molar-refractivity contribution in [3.05, 3.63) is 35.9 Å². The zero-order chi connectivity index (χ0) is 12.0. The van der Waals surface area contributed by atoms with Gasteiger partial charge in [0, 0.05) is 13.1 Å². The number of rotatable bonds is 6. The molecule has 0 heterocycles. The van der Waals surface area contributed by atoms with Gasteiger partial charge in [-0.2, -0.15) is 0 Å². The molecule has 16 heavy (non-hydrogen) atoms. The Labute approximate surface area is 99.5 Å². The average molecular weight is 220 g/mol. The third kappa shape index (κ3) is 4.33. The normalized spacial score (nSPS) is 12.1. The Bertz CT molecular complexity index is 293. The maximum Gasteiger partial charge on any atom is 0.0233 e. The van der Waals surface area contributed by atoms with E-state index in [0.717, 1.165) is 26.2 Å². The lowest BCUT2D eigenvalue weighted by Gasteiger charge is -2.31. The van der Waals surface area contributed by atoms with Gasteiger partial charge in [0.25, 0.3) is 0 Å². The highest BCUT2D eigenvalue weighted by molar-refractivity contribution is 5.14. The first-order valence-corrected chi connectivity index (χ1v) is 6.04. The predicted octanol–water partition coefficient (Wildman–Crippen LogP) is 2.49. The van der Waals surface area contributed by atoms with E-state index in [1.807, 2.05) is 0 Å². The Kier molecular flexibility index (Phi) is 4.97. The molecule has 1 rings (SSSR count). The summed E-state index contributed by atoms with van der Waals surface area (Å²) in [4.78, 5) is 2.45. The van der Waals surface area contributed by atoms with Crippen LogP contribution in [0.25, 0.3) is 0 Å². The molecule has 0 aromatic heterocycles. The highest BCUT2D eigenvalue weighted by atomic mass is 15.1. The van der Waals surface area contributed by atoms with E-state index < -0.39 is 0 Å². The van der Waals surface area contributed by atoms with Gasteiger partial charge in [0.2, 0.25) is 0 Å². The minimum atomic E-state index is 0.199. The van der Waals surface area contributed by atoms with Gasteiger partial charge in [0.05, 0.1) is 0 Å². The molecule has 2 heteroatoms. The molecular formula is C14H24N2. The highest BCUT2D eigenvalue weighted by Crippen LogP contribution is 2.16. The largest absolute Gasteiger partial charge is 0.330 e. The van der Waals surface area contributed by atoms with Crippen LogP contribution in [0.4, 0.5) is 0 Å². The Morgan fingerprint density at radius 3 is 2.31 bits per heavy atom. The summed E-state index contributed by atoms with van der Waals surface area (Å²) in [5.41, 5.74) is 7.35. The smallest absolute Gasteiger partial charge is 0.0233 e. The molecule has 0 aliphatic carbocycles. The lowest BCUT2D eigenvalue weighted by atomic mass is 9.93. The molecule has 1 aromatic rings. The minimum Gasteiger partial charge on any atom is -0.330 e. The fourth-order valence-corrected chi connectivity index (χ4v) is 1.79. The first kappa shape index (κ1) is 13.2. The van der Waals surface area contributed by atoms with Gasteiger partial charge in [-0.15, -0.1) is 0 Å². The molecule has 0 bridgehead atoms. The average Bonchev–Trinajstić information content (AvgIpc) is 2.29. The summed E-state index contributed by atoms with van der Waals surface area (Å²) in [5.74, 6) is 0. The molecule has 0 spiro atoms. The second-order valence-corrected chi connectivity index (χ2v) is 5.16. The molecule has 2 nitrogen and oxygen atoms in total. The lowest BCUT2D eigenvalue weighted by Crippen LogP contribution is -2.38. The molecular weight excluding hydrogens is 196 g/mol. The van der Waals surface area contributed by atoms with Gasteiger partial charge in [-0.25, -0.2) is 0 Å². The van der Waals surface area contributed by atoms with E-state index in [2.05, 4.69) is 56.0 Å². The third-order valence-corrected chi connectivity index (χ3v) is 2.90. The summed E-state index contributed by atoms with van der Waals surface area (Å²) in [6.45, 7) is 10.5. The monoisotopic (exact) mass is 220 g/mol. The zero-order valence-corrected chi connectivity index (χ0v) is 10.7. The number of hydrogen-bond acceptors (Lipinski definition) is 2. The number of nitrogens with two attached hydrogens (primary N) is 1. The van der Waals surface area contributed by atoms with E-state index >= 15 is 0 Å². The molecule has 90 valence electrons. The third-order valence-electron chi connectivity index (χ3n) is 2.90. The van der Waals surface area contributed by atoms with Gasteiger partial charge in [-0.05, 0) is 24.1 Å². The van der Waals surface area contributed by atoms with Crippen molar-refractivity contribution in [2.45, 2.75) is 27.3 Å². The summed E-state index contributed by atoms with van der Waals surface area (Å²) in [5, 5.41) is 0. The molecule has 0 unspecified atom stereocenters. The van der Waals surface area contributed by atoms with Crippen molar-refractivity contribution in [3.63, 3.8) is 0 Å². The predicted molar refractivity (Wildman–Crippen MR) is 70.2 cm³/mol. The molecule has 1 aromatic carbocycles. The maximum atomic E-state index is 5.78. The lowest BCUT2D eigenvalue weighted by molar-refractivity contribution is 0.183. The maximum absolute atomic E-state index is 5.78. The first-order chi connectivity index (χ1) is 7.57. The van der Waals surface area contributed by atoms with Gasteiger partial charge >= 0.3 is 0 Å². The Balaban J connectivity index is 2.56. The van der Waals surface area contributed by atoms with Crippen molar-refractivity contribution in [1.29, 1.82) is 0 Å². The van der Waals surface area contributed by atoms with Crippen molar-refractivity contribution in [2.75, 3.05) is 19.6 Å². The van der Waals surface area contributed by atoms with Crippen molar-refractivity contribution >= 4 is 0 Å². The van der Waals surface area contributed by atoms with Crippen molar-refractivity contribution in [2.24, 2.45) is 11.1 Å². The fourth-order valence-electron chi connectivity index (χ4n) is 1.79. The van der Waals surface area contributed by atoms with E-state index in [-0.39, 0.29) is 5.41 Å². The summed E-state index contributed by atoms with van der Waals surface area (Å²) >= 11 is 0. The summed E-state index contributed by atoms with van der Waals surface area (Å²) in [6, 6.07) is 10.6. The van der Waals surface area contributed by atoms with Gasteiger partial charge < -0.3 is 5.73 Å². The quantitative estimate of drug-likeness (QED) is 0.798. The minimum absolute atomic E-state index is 0.199. The van der Waals surface area contributed by atoms with Crippen LogP contribution in [0.15, 0.2) is 30.3 Å². The SMILES string of the molecule is CCN(Cc1ccccc1)CC(C)(C)CN. The van der Waals surface area contributed by atoms with E-state index in [1.54, 1.807) is 0 Å². The van der Waals surface area contributed by atoms with Crippen LogP contribution in [0.2, 0.25) is 0 Å². The molecule has 0 atom stereocenters. The Hall–Kier alpha value is -0.860. The van der Waals surface area contributed by atoms with Crippen molar-refractivity contribution in [3.8, 4) is 0 Å². The molecule has 0 aliphatic rings. The van der Waals surface area contributed by atoms with Crippen LogP contribution >= 0.6 is 0 Å². The van der Waals surface area contributed by atoms with Crippen LogP contribution in [0.5, 0.6) is 0 Å². The van der Waals surface area contributed by atoms with Crippen LogP contribution < -0.4 is 5.73 Å². The molecule has 0 saturated carbocycles. The van der Waals surface area contributed by atoms with Gasteiger partial charge in [-0.1, -0.05) is 51.1 Å². The molecule has 0 fully saturated rings. The molecule has 0 aliphatic heterocycles. The fraction of sp³-hybridized carbons (Fsp3) is 0.571. The van der Waals surface area contributed by atoms with Gasteiger partial charge in [0.1, 0.15) is 0 Å². The Morgan fingerprint density at radius 1 is 1.19 bits per heavy atom. The highest BCUT2D eigenvalue weighted by Gasteiger charge is 2.19.